The number of aliphatic hydroxyl groups excluding tert-OH is 5. The highest BCUT2D eigenvalue weighted by molar-refractivity contribution is 5.76. The van der Waals surface area contributed by atoms with Crippen LogP contribution in [0.15, 0.2) is 12.2 Å². The minimum Gasteiger partial charge on any atom is -0.394 e. The second-order valence-electron chi connectivity index (χ2n) is 21.9. The number of allylic oxidation sites excluding steroid dienone is 1. The predicted octanol–water partition coefficient (Wildman–Crippen LogP) is 15.6. The summed E-state index contributed by atoms with van der Waals surface area (Å²) in [4.78, 5) is 13.0. The molecule has 0 bridgehead atoms. The van der Waals surface area contributed by atoms with E-state index in [2.05, 4.69) is 19.2 Å². The number of rotatable bonds is 54. The molecule has 0 aromatic rings. The van der Waals surface area contributed by atoms with E-state index in [-0.39, 0.29) is 12.5 Å². The Bertz CT molecular complexity index is 1110. The number of hydrogen-bond donors (Lipinski definition) is 6. The van der Waals surface area contributed by atoms with Gasteiger partial charge in [0.15, 0.2) is 6.29 Å². The first-order valence-electron chi connectivity index (χ1n) is 30.9. The lowest BCUT2D eigenvalue weighted by atomic mass is 9.99. The molecule has 70 heavy (non-hydrogen) atoms. The first-order chi connectivity index (χ1) is 34.3. The van der Waals surface area contributed by atoms with Gasteiger partial charge in [-0.2, -0.15) is 0 Å². The average Bonchev–Trinajstić information content (AvgIpc) is 3.36. The standard InChI is InChI=1S/C61H119NO8/c1-3-5-7-9-11-13-15-17-18-19-20-21-22-23-24-25-26-27-28-29-30-31-32-33-34-35-36-37-38-39-41-43-45-47-49-51-57(65)62-54(53-69-61-60(68)59(67)58(66)56(52-63)70-61)55(64)50-48-46-44-42-40-16-14-12-10-8-6-4-2/h48,50,54-56,58-61,63-64,66-68H,3-47,49,51-53H2,1-2H3,(H,62,65)/b50-48+. The van der Waals surface area contributed by atoms with E-state index in [1.807, 2.05) is 6.08 Å². The van der Waals surface area contributed by atoms with Crippen LogP contribution in [0, 0.1) is 0 Å². The number of nitrogens with one attached hydrogen (secondary N) is 1. The highest BCUT2D eigenvalue weighted by Crippen LogP contribution is 2.23. The highest BCUT2D eigenvalue weighted by Gasteiger charge is 2.44. The lowest BCUT2D eigenvalue weighted by Crippen LogP contribution is -2.60. The van der Waals surface area contributed by atoms with Crippen molar-refractivity contribution in [2.24, 2.45) is 0 Å². The zero-order valence-corrected chi connectivity index (χ0v) is 46.3. The largest absolute Gasteiger partial charge is 0.394 e. The fourth-order valence-corrected chi connectivity index (χ4v) is 10.2. The van der Waals surface area contributed by atoms with Crippen LogP contribution in [-0.2, 0) is 14.3 Å². The van der Waals surface area contributed by atoms with Crippen LogP contribution in [0.1, 0.15) is 316 Å². The molecule has 1 rings (SSSR count). The molecule has 1 heterocycles. The molecule has 1 amide bonds. The normalized spacial score (nSPS) is 19.3. The van der Waals surface area contributed by atoms with E-state index in [9.17, 15) is 30.3 Å². The van der Waals surface area contributed by atoms with E-state index in [0.29, 0.717) is 6.42 Å². The number of unbranched alkanes of at least 4 members (excludes halogenated alkanes) is 44. The first-order valence-corrected chi connectivity index (χ1v) is 30.9. The second kappa shape index (κ2) is 51.4. The van der Waals surface area contributed by atoms with E-state index in [1.165, 1.54) is 257 Å². The number of carbonyl (C=O) groups excluding carboxylic acids is 1. The van der Waals surface area contributed by atoms with Gasteiger partial charge in [0.25, 0.3) is 0 Å². The number of amides is 1. The second-order valence-corrected chi connectivity index (χ2v) is 21.9. The lowest BCUT2D eigenvalue weighted by molar-refractivity contribution is -0.302. The van der Waals surface area contributed by atoms with Crippen molar-refractivity contribution in [1.29, 1.82) is 0 Å². The molecule has 416 valence electrons. The molecule has 1 aliphatic heterocycles. The van der Waals surface area contributed by atoms with Gasteiger partial charge >= 0.3 is 0 Å². The fraction of sp³-hybridized carbons (Fsp3) is 0.951. The third-order valence-corrected chi connectivity index (χ3v) is 15.1. The van der Waals surface area contributed by atoms with Crippen molar-refractivity contribution in [3.63, 3.8) is 0 Å². The van der Waals surface area contributed by atoms with E-state index in [0.717, 1.165) is 38.5 Å². The van der Waals surface area contributed by atoms with Crippen molar-refractivity contribution in [3.8, 4) is 0 Å². The van der Waals surface area contributed by atoms with Gasteiger partial charge in [0.05, 0.1) is 25.4 Å². The van der Waals surface area contributed by atoms with Crippen LogP contribution in [0.2, 0.25) is 0 Å². The molecule has 7 atom stereocenters. The molecule has 0 radical (unpaired) electrons. The molecule has 9 nitrogen and oxygen atoms in total. The van der Waals surface area contributed by atoms with E-state index in [1.54, 1.807) is 6.08 Å². The highest BCUT2D eigenvalue weighted by atomic mass is 16.7. The Labute approximate surface area is 433 Å². The Balaban J connectivity index is 2.04. The maximum absolute atomic E-state index is 13.0. The summed E-state index contributed by atoms with van der Waals surface area (Å²) in [6, 6.07) is -0.799. The van der Waals surface area contributed by atoms with Crippen molar-refractivity contribution in [1.82, 2.24) is 5.32 Å². The van der Waals surface area contributed by atoms with Gasteiger partial charge in [0.2, 0.25) is 5.91 Å². The van der Waals surface area contributed by atoms with Crippen molar-refractivity contribution in [3.05, 3.63) is 12.2 Å². The molecule has 9 heteroatoms. The quantitative estimate of drug-likeness (QED) is 0.0261. The lowest BCUT2D eigenvalue weighted by Gasteiger charge is -2.40. The minimum absolute atomic E-state index is 0.171. The van der Waals surface area contributed by atoms with Gasteiger partial charge in [-0.3, -0.25) is 4.79 Å². The molecule has 6 N–H and O–H groups in total. The summed E-state index contributed by atoms with van der Waals surface area (Å²) < 4.78 is 11.3. The molecular formula is C61H119NO8. The maximum atomic E-state index is 13.0. The molecule has 0 aromatic carbocycles. The third kappa shape index (κ3) is 40.3. The van der Waals surface area contributed by atoms with Crippen LogP contribution >= 0.6 is 0 Å². The molecule has 7 unspecified atom stereocenters. The Morgan fingerprint density at radius 1 is 0.471 bits per heavy atom. The Kier molecular flexibility index (Phi) is 49.2. The molecule has 0 spiro atoms. The number of ether oxygens (including phenoxy) is 2. The molecule has 0 aliphatic carbocycles. The fourth-order valence-electron chi connectivity index (χ4n) is 10.2. The number of hydrogen-bond acceptors (Lipinski definition) is 8. The Morgan fingerprint density at radius 2 is 0.786 bits per heavy atom. The zero-order valence-electron chi connectivity index (χ0n) is 46.3. The molecule has 0 saturated carbocycles. The SMILES string of the molecule is CCCCCCCCCCCC/C=C/C(O)C(COC1OC(CO)C(O)C(O)C1O)NC(=O)CCCCCCCCCCCCCCCCCCCCCCCCCCCCCCCCCCCCC. The van der Waals surface area contributed by atoms with Gasteiger partial charge in [0, 0.05) is 6.42 Å². The van der Waals surface area contributed by atoms with Crippen molar-refractivity contribution < 1.29 is 39.8 Å². The maximum Gasteiger partial charge on any atom is 0.220 e. The summed E-state index contributed by atoms with van der Waals surface area (Å²) in [6.07, 6.45) is 57.5. The summed E-state index contributed by atoms with van der Waals surface area (Å²) in [5.74, 6) is -0.171. The Hall–Kier alpha value is -1.07. The first kappa shape index (κ1) is 66.9. The average molecular weight is 995 g/mol. The molecule has 1 aliphatic rings. The minimum atomic E-state index is -1.56. The van der Waals surface area contributed by atoms with E-state index < -0.39 is 49.5 Å². The van der Waals surface area contributed by atoms with Gasteiger partial charge < -0.3 is 40.3 Å². The summed E-state index contributed by atoms with van der Waals surface area (Å²) in [5, 5.41) is 54.4. The van der Waals surface area contributed by atoms with Crippen LogP contribution in [0.5, 0.6) is 0 Å². The predicted molar refractivity (Wildman–Crippen MR) is 295 cm³/mol. The number of aliphatic hydroxyl groups is 5. The van der Waals surface area contributed by atoms with Gasteiger partial charge in [-0.15, -0.1) is 0 Å². The summed E-state index contributed by atoms with van der Waals surface area (Å²) >= 11 is 0. The van der Waals surface area contributed by atoms with Gasteiger partial charge in [-0.25, -0.2) is 0 Å². The topological polar surface area (TPSA) is 149 Å². The molecular weight excluding hydrogens is 875 g/mol. The molecule has 1 fully saturated rings. The van der Waals surface area contributed by atoms with Crippen molar-refractivity contribution in [2.75, 3.05) is 13.2 Å². The van der Waals surface area contributed by atoms with Crippen LogP contribution in [-0.4, -0.2) is 87.5 Å². The Morgan fingerprint density at radius 3 is 1.11 bits per heavy atom. The monoisotopic (exact) mass is 994 g/mol. The summed E-state index contributed by atoms with van der Waals surface area (Å²) in [6.45, 7) is 3.80. The molecule has 1 saturated heterocycles. The smallest absolute Gasteiger partial charge is 0.220 e. The van der Waals surface area contributed by atoms with Crippen LogP contribution in [0.4, 0.5) is 0 Å². The zero-order chi connectivity index (χ0) is 50.8. The number of carbonyl (C=O) groups is 1. The van der Waals surface area contributed by atoms with Gasteiger partial charge in [-0.1, -0.05) is 302 Å². The van der Waals surface area contributed by atoms with Crippen molar-refractivity contribution >= 4 is 5.91 Å². The van der Waals surface area contributed by atoms with Crippen LogP contribution in [0.25, 0.3) is 0 Å². The van der Waals surface area contributed by atoms with E-state index in [4.69, 9.17) is 9.47 Å². The van der Waals surface area contributed by atoms with Gasteiger partial charge in [-0.05, 0) is 19.3 Å². The van der Waals surface area contributed by atoms with Crippen LogP contribution < -0.4 is 5.32 Å². The van der Waals surface area contributed by atoms with Crippen LogP contribution in [0.3, 0.4) is 0 Å². The van der Waals surface area contributed by atoms with E-state index >= 15 is 0 Å². The summed E-state index contributed by atoms with van der Waals surface area (Å²) in [7, 11) is 0. The molecule has 0 aromatic heterocycles. The summed E-state index contributed by atoms with van der Waals surface area (Å²) in [5.41, 5.74) is 0. The third-order valence-electron chi connectivity index (χ3n) is 15.1. The van der Waals surface area contributed by atoms with Crippen molar-refractivity contribution in [2.45, 2.75) is 358 Å². The van der Waals surface area contributed by atoms with Gasteiger partial charge in [0.1, 0.15) is 24.4 Å².